The number of nitrogens with one attached hydrogen (secondary N) is 2. The summed E-state index contributed by atoms with van der Waals surface area (Å²) >= 11 is 0. The van der Waals surface area contributed by atoms with Crippen molar-refractivity contribution in [2.75, 3.05) is 26.7 Å². The molecule has 4 atom stereocenters. The number of piperidine rings is 1. The van der Waals surface area contributed by atoms with Gasteiger partial charge < -0.3 is 25.4 Å². The molecule has 9 heteroatoms. The Balaban J connectivity index is 1.56. The number of benzene rings is 3. The molecule has 1 aliphatic heterocycles. The van der Waals surface area contributed by atoms with Gasteiger partial charge in [-0.3, -0.25) is 9.59 Å². The highest BCUT2D eigenvalue weighted by Gasteiger charge is 2.33. The van der Waals surface area contributed by atoms with Crippen LogP contribution in [0, 0.1) is 24.5 Å². The van der Waals surface area contributed by atoms with Crippen molar-refractivity contribution in [1.82, 2.24) is 15.5 Å². The van der Waals surface area contributed by atoms with Crippen LogP contribution in [-0.2, 0) is 12.8 Å². The topological polar surface area (TPSA) is 90.9 Å². The molecule has 0 unspecified atom stereocenters. The van der Waals surface area contributed by atoms with Crippen LogP contribution in [0.3, 0.4) is 0 Å². The predicted octanol–water partition coefficient (Wildman–Crippen LogP) is 5.86. The lowest BCUT2D eigenvalue weighted by molar-refractivity contribution is 0.0576. The zero-order chi connectivity index (χ0) is 33.2. The molecule has 4 rings (SSSR count). The van der Waals surface area contributed by atoms with Gasteiger partial charge in [0.1, 0.15) is 17.4 Å². The van der Waals surface area contributed by atoms with E-state index in [-0.39, 0.29) is 29.9 Å². The van der Waals surface area contributed by atoms with Crippen molar-refractivity contribution in [2.24, 2.45) is 5.92 Å². The normalized spacial score (nSPS) is 17.6. The molecule has 0 aliphatic carbocycles. The monoisotopic (exact) mass is 635 g/mol. The molecule has 7 nitrogen and oxygen atoms in total. The van der Waals surface area contributed by atoms with Crippen LogP contribution in [0.2, 0.25) is 0 Å². The third kappa shape index (κ3) is 9.59. The zero-order valence-corrected chi connectivity index (χ0v) is 27.3. The van der Waals surface area contributed by atoms with Crippen LogP contribution in [0.5, 0.6) is 5.75 Å². The number of rotatable bonds is 14. The largest absolute Gasteiger partial charge is 0.497 e. The van der Waals surface area contributed by atoms with Crippen LogP contribution in [0.25, 0.3) is 0 Å². The summed E-state index contributed by atoms with van der Waals surface area (Å²) in [4.78, 5) is 28.9. The highest BCUT2D eigenvalue weighted by atomic mass is 19.1. The van der Waals surface area contributed by atoms with E-state index < -0.39 is 29.7 Å². The van der Waals surface area contributed by atoms with E-state index in [0.717, 1.165) is 43.1 Å². The molecule has 46 heavy (non-hydrogen) atoms. The van der Waals surface area contributed by atoms with Gasteiger partial charge in [0, 0.05) is 36.3 Å². The molecular weight excluding hydrogens is 588 g/mol. The van der Waals surface area contributed by atoms with E-state index >= 15 is 0 Å². The van der Waals surface area contributed by atoms with Gasteiger partial charge in [-0.1, -0.05) is 26.0 Å². The number of ether oxygens (including phenoxy) is 1. The maximum atomic E-state index is 14.2. The molecule has 0 aromatic heterocycles. The summed E-state index contributed by atoms with van der Waals surface area (Å²) in [6.07, 6.45) is 3.02. The number of aryl methyl sites for hydroxylation is 1. The van der Waals surface area contributed by atoms with E-state index in [2.05, 4.69) is 10.6 Å². The Hall–Kier alpha value is -3.82. The molecular formula is C37H47F2N3O4. The van der Waals surface area contributed by atoms with Crippen LogP contribution in [0.4, 0.5) is 8.78 Å². The number of nitrogens with zero attached hydrogens (tertiary/aromatic N) is 1. The third-order valence-corrected chi connectivity index (χ3v) is 8.61. The molecule has 248 valence electrons. The van der Waals surface area contributed by atoms with Gasteiger partial charge in [-0.2, -0.15) is 0 Å². The molecule has 1 saturated heterocycles. The first-order valence-electron chi connectivity index (χ1n) is 16.3. The van der Waals surface area contributed by atoms with Gasteiger partial charge >= 0.3 is 0 Å². The highest BCUT2D eigenvalue weighted by molar-refractivity contribution is 6.00. The number of methoxy groups -OCH3 is 1. The summed E-state index contributed by atoms with van der Waals surface area (Å²) in [7, 11) is 1.63. The number of hydrogen-bond acceptors (Lipinski definition) is 5. The van der Waals surface area contributed by atoms with Crippen LogP contribution in [0.1, 0.15) is 76.9 Å². The standard InChI is InChI=1S/C37H47F2N3O4/c1-5-13-42(14-6-2)37(45)29-16-24(3)15-28(22-29)36(44)41-34(21-27-18-30(38)23-31(39)19-27)35(43)33-20-26(11-12-40-33)17-25-7-9-32(46-4)10-8-25/h7-10,15-16,18-19,22-23,26,33-35,40,43H,5-6,11-14,17,20-21H2,1-4H3,(H,41,44)/t26-,33-,34+,35-/m1/s1. The summed E-state index contributed by atoms with van der Waals surface area (Å²) in [5.41, 5.74) is 2.95. The number of amides is 2. The van der Waals surface area contributed by atoms with Crippen LogP contribution >= 0.6 is 0 Å². The van der Waals surface area contributed by atoms with Gasteiger partial charge in [-0.25, -0.2) is 8.78 Å². The number of hydrogen-bond donors (Lipinski definition) is 3. The average Bonchev–Trinajstić information content (AvgIpc) is 3.03. The van der Waals surface area contributed by atoms with E-state index in [9.17, 15) is 23.5 Å². The molecule has 3 N–H and O–H groups in total. The Morgan fingerprint density at radius 1 is 0.978 bits per heavy atom. The third-order valence-electron chi connectivity index (χ3n) is 8.61. The van der Waals surface area contributed by atoms with Gasteiger partial charge in [0.2, 0.25) is 0 Å². The molecule has 0 radical (unpaired) electrons. The van der Waals surface area contributed by atoms with Crippen molar-refractivity contribution in [3.05, 3.63) is 100 Å². The summed E-state index contributed by atoms with van der Waals surface area (Å²) in [6.45, 7) is 7.79. The lowest BCUT2D eigenvalue weighted by Gasteiger charge is -2.37. The molecule has 3 aromatic rings. The number of carbonyl (C=O) groups is 2. The molecule has 0 bridgehead atoms. The predicted molar refractivity (Wildman–Crippen MR) is 176 cm³/mol. The Labute approximate surface area is 271 Å². The SMILES string of the molecule is CCCN(CCC)C(=O)c1cc(C)cc(C(=O)N[C@@H](Cc2cc(F)cc(F)c2)[C@H](O)[C@H]2C[C@@H](Cc3ccc(OC)cc3)CCN2)c1. The van der Waals surface area contributed by atoms with Crippen molar-refractivity contribution in [3.8, 4) is 5.75 Å². The molecule has 0 spiro atoms. The van der Waals surface area contributed by atoms with Gasteiger partial charge in [-0.05, 0) is 117 Å². The maximum Gasteiger partial charge on any atom is 0.253 e. The highest BCUT2D eigenvalue weighted by Crippen LogP contribution is 2.26. The lowest BCUT2D eigenvalue weighted by atomic mass is 9.83. The van der Waals surface area contributed by atoms with Crippen LogP contribution in [-0.4, -0.2) is 66.8 Å². The molecule has 1 fully saturated rings. The Kier molecular flexibility index (Phi) is 12.7. The molecule has 2 amide bonds. The van der Waals surface area contributed by atoms with Gasteiger partial charge in [0.05, 0.1) is 19.3 Å². The number of halogens is 2. The summed E-state index contributed by atoms with van der Waals surface area (Å²) < 4.78 is 33.6. The Morgan fingerprint density at radius 3 is 2.26 bits per heavy atom. The van der Waals surface area contributed by atoms with Crippen molar-refractivity contribution in [1.29, 1.82) is 0 Å². The fourth-order valence-corrected chi connectivity index (χ4v) is 6.42. The van der Waals surface area contributed by atoms with Crippen molar-refractivity contribution >= 4 is 11.8 Å². The maximum absolute atomic E-state index is 14.2. The fraction of sp³-hybridized carbons (Fsp3) is 0.459. The van der Waals surface area contributed by atoms with Crippen molar-refractivity contribution < 1.29 is 28.2 Å². The summed E-state index contributed by atoms with van der Waals surface area (Å²) in [6, 6.07) is 15.0. The van der Waals surface area contributed by atoms with E-state index in [1.165, 1.54) is 17.7 Å². The number of aliphatic hydroxyl groups is 1. The van der Waals surface area contributed by atoms with Crippen molar-refractivity contribution in [3.63, 3.8) is 0 Å². The van der Waals surface area contributed by atoms with E-state index in [1.807, 2.05) is 45.0 Å². The molecule has 0 saturated carbocycles. The fourth-order valence-electron chi connectivity index (χ4n) is 6.42. The first-order valence-corrected chi connectivity index (χ1v) is 16.3. The Bertz CT molecular complexity index is 1440. The van der Waals surface area contributed by atoms with Gasteiger partial charge in [-0.15, -0.1) is 0 Å². The van der Waals surface area contributed by atoms with E-state index in [1.54, 1.807) is 30.2 Å². The van der Waals surface area contributed by atoms with E-state index in [0.29, 0.717) is 37.2 Å². The first kappa shape index (κ1) is 35.0. The number of aliphatic hydroxyl groups excluding tert-OH is 1. The molecule has 1 aliphatic rings. The second kappa shape index (κ2) is 16.7. The minimum absolute atomic E-state index is 0.0152. The summed E-state index contributed by atoms with van der Waals surface area (Å²) in [5.74, 6) is -0.980. The van der Waals surface area contributed by atoms with Crippen LogP contribution < -0.4 is 15.4 Å². The average molecular weight is 636 g/mol. The van der Waals surface area contributed by atoms with Gasteiger partial charge in [0.25, 0.3) is 11.8 Å². The minimum atomic E-state index is -1.05. The minimum Gasteiger partial charge on any atom is -0.497 e. The zero-order valence-electron chi connectivity index (χ0n) is 27.3. The summed E-state index contributed by atoms with van der Waals surface area (Å²) in [5, 5.41) is 18.1. The second-order valence-corrected chi connectivity index (χ2v) is 12.4. The van der Waals surface area contributed by atoms with Crippen LogP contribution in [0.15, 0.2) is 60.7 Å². The molecule has 3 aromatic carbocycles. The quantitative estimate of drug-likeness (QED) is 0.207. The second-order valence-electron chi connectivity index (χ2n) is 12.4. The smallest absolute Gasteiger partial charge is 0.253 e. The van der Waals surface area contributed by atoms with E-state index in [4.69, 9.17) is 4.74 Å². The lowest BCUT2D eigenvalue weighted by Crippen LogP contribution is -2.56. The first-order chi connectivity index (χ1) is 22.1. The van der Waals surface area contributed by atoms with Crippen molar-refractivity contribution in [2.45, 2.75) is 77.5 Å². The number of carbonyl (C=O) groups excluding carboxylic acids is 2. The molecule has 1 heterocycles. The van der Waals surface area contributed by atoms with Gasteiger partial charge in [0.15, 0.2) is 0 Å². The Morgan fingerprint density at radius 2 is 1.63 bits per heavy atom.